The first-order valence-electron chi connectivity index (χ1n) is 9.42. The van der Waals surface area contributed by atoms with Gasteiger partial charge in [0, 0.05) is 16.5 Å². The van der Waals surface area contributed by atoms with Crippen LogP contribution in [0.15, 0.2) is 60.0 Å². The van der Waals surface area contributed by atoms with Gasteiger partial charge in [-0.25, -0.2) is 4.98 Å². The zero-order chi connectivity index (χ0) is 21.3. The van der Waals surface area contributed by atoms with Gasteiger partial charge in [-0.15, -0.1) is 11.3 Å². The fourth-order valence-corrected chi connectivity index (χ4v) is 3.51. The number of hydrogen-bond acceptors (Lipinski definition) is 6. The lowest BCUT2D eigenvalue weighted by Gasteiger charge is -2.10. The fraction of sp³-hybridized carbons (Fsp3) is 0.174. The Hall–Kier alpha value is -3.45. The average Bonchev–Trinajstić information content (AvgIpc) is 3.19. The van der Waals surface area contributed by atoms with Gasteiger partial charge in [-0.2, -0.15) is 0 Å². The normalized spacial score (nSPS) is 11.1. The summed E-state index contributed by atoms with van der Waals surface area (Å²) < 4.78 is 10.3. The van der Waals surface area contributed by atoms with Crippen molar-refractivity contribution in [1.82, 2.24) is 4.98 Å². The van der Waals surface area contributed by atoms with Gasteiger partial charge in [-0.3, -0.25) is 14.9 Å². The number of esters is 1. The first-order chi connectivity index (χ1) is 14.6. The number of ether oxygens (including phenoxy) is 2. The zero-order valence-electron chi connectivity index (χ0n) is 16.8. The molecule has 0 fully saturated rings. The maximum atomic E-state index is 13.1. The van der Waals surface area contributed by atoms with Crippen LogP contribution in [0.1, 0.15) is 23.7 Å². The van der Waals surface area contributed by atoms with Gasteiger partial charge in [-0.05, 0) is 24.6 Å². The Kier molecular flexibility index (Phi) is 7.34. The Labute approximate surface area is 179 Å². The molecule has 3 aromatic rings. The lowest BCUT2D eigenvalue weighted by atomic mass is 10.0. The standard InChI is InChI=1S/C23H22N2O4S/c1-3-29-21(26)14-18-15-30-23(24-18)25-22(27)19(16-9-5-4-6-10-16)13-17-11-7-8-12-20(17)28-2/h4-13,15H,3,14H2,1-2H3,(H,24,25,27)/b19-13+. The molecule has 0 atom stereocenters. The van der Waals surface area contributed by atoms with Crippen molar-refractivity contribution in [2.24, 2.45) is 0 Å². The van der Waals surface area contributed by atoms with Crippen molar-refractivity contribution in [3.63, 3.8) is 0 Å². The van der Waals surface area contributed by atoms with Crippen molar-refractivity contribution in [3.8, 4) is 5.75 Å². The van der Waals surface area contributed by atoms with Crippen molar-refractivity contribution >= 4 is 40.0 Å². The summed E-state index contributed by atoms with van der Waals surface area (Å²) >= 11 is 1.26. The molecule has 0 saturated heterocycles. The van der Waals surface area contributed by atoms with E-state index >= 15 is 0 Å². The first kappa shape index (κ1) is 21.3. The molecule has 3 rings (SSSR count). The van der Waals surface area contributed by atoms with E-state index in [0.717, 1.165) is 11.1 Å². The highest BCUT2D eigenvalue weighted by molar-refractivity contribution is 7.14. The molecule has 0 spiro atoms. The number of benzene rings is 2. The summed E-state index contributed by atoms with van der Waals surface area (Å²) in [4.78, 5) is 29.1. The van der Waals surface area contributed by atoms with E-state index in [1.54, 1.807) is 25.5 Å². The van der Waals surface area contributed by atoms with Crippen LogP contribution in [0.2, 0.25) is 0 Å². The van der Waals surface area contributed by atoms with Crippen LogP contribution in [-0.4, -0.2) is 30.6 Å². The van der Waals surface area contributed by atoms with Crippen molar-refractivity contribution in [3.05, 3.63) is 76.8 Å². The highest BCUT2D eigenvalue weighted by atomic mass is 32.1. The number of carbonyl (C=O) groups is 2. The second-order valence-corrected chi connectivity index (χ2v) is 7.10. The quantitative estimate of drug-likeness (QED) is 0.330. The Bertz CT molecular complexity index is 1040. The summed E-state index contributed by atoms with van der Waals surface area (Å²) in [5.74, 6) is 0.0237. The molecule has 30 heavy (non-hydrogen) atoms. The van der Waals surface area contributed by atoms with E-state index in [1.807, 2.05) is 54.6 Å². The molecule has 6 nitrogen and oxygen atoms in total. The Morgan fingerprint density at radius 2 is 1.83 bits per heavy atom. The van der Waals surface area contributed by atoms with Crippen LogP contribution in [0, 0.1) is 0 Å². The highest BCUT2D eigenvalue weighted by Crippen LogP contribution is 2.26. The lowest BCUT2D eigenvalue weighted by molar-refractivity contribution is -0.142. The van der Waals surface area contributed by atoms with Gasteiger partial charge in [0.1, 0.15) is 5.75 Å². The van der Waals surface area contributed by atoms with Gasteiger partial charge in [0.15, 0.2) is 5.13 Å². The van der Waals surface area contributed by atoms with Gasteiger partial charge >= 0.3 is 5.97 Å². The number of carbonyl (C=O) groups excluding carboxylic acids is 2. The molecule has 0 aliphatic heterocycles. The van der Waals surface area contributed by atoms with Gasteiger partial charge in [0.05, 0.1) is 25.8 Å². The predicted molar refractivity (Wildman–Crippen MR) is 118 cm³/mol. The second kappa shape index (κ2) is 10.4. The minimum Gasteiger partial charge on any atom is -0.496 e. The van der Waals surface area contributed by atoms with Crippen LogP contribution in [0.3, 0.4) is 0 Å². The highest BCUT2D eigenvalue weighted by Gasteiger charge is 2.16. The molecule has 7 heteroatoms. The van der Waals surface area contributed by atoms with Crippen LogP contribution in [0.4, 0.5) is 5.13 Å². The van der Waals surface area contributed by atoms with Crippen LogP contribution in [0.5, 0.6) is 5.75 Å². The van der Waals surface area contributed by atoms with E-state index in [4.69, 9.17) is 9.47 Å². The third-order valence-electron chi connectivity index (χ3n) is 4.17. The number of thiazole rings is 1. The lowest BCUT2D eigenvalue weighted by Crippen LogP contribution is -2.14. The Morgan fingerprint density at radius 1 is 1.10 bits per heavy atom. The third-order valence-corrected chi connectivity index (χ3v) is 4.98. The van der Waals surface area contributed by atoms with E-state index in [-0.39, 0.29) is 18.3 Å². The summed E-state index contributed by atoms with van der Waals surface area (Å²) in [5.41, 5.74) is 2.59. The number of nitrogens with zero attached hydrogens (tertiary/aromatic N) is 1. The third kappa shape index (κ3) is 5.55. The van der Waals surface area contributed by atoms with Crippen molar-refractivity contribution in [2.75, 3.05) is 19.0 Å². The smallest absolute Gasteiger partial charge is 0.311 e. The summed E-state index contributed by atoms with van der Waals surface area (Å²) in [7, 11) is 1.59. The minimum atomic E-state index is -0.346. The Balaban J connectivity index is 1.86. The molecule has 0 bridgehead atoms. The number of aromatic nitrogens is 1. The summed E-state index contributed by atoms with van der Waals surface area (Å²) in [6.45, 7) is 2.07. The number of amides is 1. The van der Waals surface area contributed by atoms with Gasteiger partial charge in [-0.1, -0.05) is 48.5 Å². The first-order valence-corrected chi connectivity index (χ1v) is 10.3. The van der Waals surface area contributed by atoms with Crippen LogP contribution < -0.4 is 10.1 Å². The van der Waals surface area contributed by atoms with E-state index in [1.165, 1.54) is 11.3 Å². The van der Waals surface area contributed by atoms with Gasteiger partial charge < -0.3 is 9.47 Å². The predicted octanol–water partition coefficient (Wildman–Crippen LogP) is 4.44. The number of anilines is 1. The minimum absolute atomic E-state index is 0.0722. The molecule has 1 aromatic heterocycles. The topological polar surface area (TPSA) is 77.5 Å². The average molecular weight is 423 g/mol. The number of rotatable bonds is 8. The maximum Gasteiger partial charge on any atom is 0.311 e. The molecular weight excluding hydrogens is 400 g/mol. The number of methoxy groups -OCH3 is 1. The van der Waals surface area contributed by atoms with Crippen molar-refractivity contribution < 1.29 is 19.1 Å². The molecule has 0 radical (unpaired) electrons. The molecule has 1 heterocycles. The molecule has 0 aliphatic rings. The zero-order valence-corrected chi connectivity index (χ0v) is 17.6. The summed E-state index contributed by atoms with van der Waals surface area (Å²) in [5, 5.41) is 4.98. The molecule has 1 N–H and O–H groups in total. The number of para-hydroxylation sites is 1. The molecule has 0 saturated carbocycles. The van der Waals surface area contributed by atoms with Crippen LogP contribution >= 0.6 is 11.3 Å². The van der Waals surface area contributed by atoms with Crippen LogP contribution in [-0.2, 0) is 20.7 Å². The number of hydrogen-bond donors (Lipinski definition) is 1. The van der Waals surface area contributed by atoms with Gasteiger partial charge in [0.25, 0.3) is 5.91 Å². The SMILES string of the molecule is CCOC(=O)Cc1csc(NC(=O)/C(=C/c2ccccc2OC)c2ccccc2)n1. The summed E-state index contributed by atoms with van der Waals surface area (Å²) in [6.07, 6.45) is 1.86. The molecular formula is C23H22N2O4S. The largest absolute Gasteiger partial charge is 0.496 e. The fourth-order valence-electron chi connectivity index (χ4n) is 2.81. The van der Waals surface area contributed by atoms with E-state index in [2.05, 4.69) is 10.3 Å². The van der Waals surface area contributed by atoms with E-state index in [0.29, 0.717) is 28.8 Å². The summed E-state index contributed by atoms with van der Waals surface area (Å²) in [6, 6.07) is 16.9. The van der Waals surface area contributed by atoms with Crippen molar-refractivity contribution in [2.45, 2.75) is 13.3 Å². The monoisotopic (exact) mass is 422 g/mol. The maximum absolute atomic E-state index is 13.1. The molecule has 2 aromatic carbocycles. The molecule has 0 aliphatic carbocycles. The van der Waals surface area contributed by atoms with Crippen molar-refractivity contribution in [1.29, 1.82) is 0 Å². The number of nitrogens with one attached hydrogen (secondary N) is 1. The van der Waals surface area contributed by atoms with E-state index in [9.17, 15) is 9.59 Å². The van der Waals surface area contributed by atoms with E-state index < -0.39 is 0 Å². The van der Waals surface area contributed by atoms with Crippen LogP contribution in [0.25, 0.3) is 11.6 Å². The molecule has 154 valence electrons. The molecule has 1 amide bonds. The Morgan fingerprint density at radius 3 is 2.57 bits per heavy atom. The second-order valence-electron chi connectivity index (χ2n) is 6.25. The van der Waals surface area contributed by atoms with Gasteiger partial charge in [0.2, 0.25) is 0 Å². The molecule has 0 unspecified atom stereocenters.